The molecule has 46 valence electrons. The van der Waals surface area contributed by atoms with Crippen LogP contribution in [0.25, 0.3) is 0 Å². The number of fused-ring (bicyclic) bond motifs is 1. The van der Waals surface area contributed by atoms with Gasteiger partial charge in [0, 0.05) is 5.54 Å². The van der Waals surface area contributed by atoms with Crippen molar-refractivity contribution in [2.75, 3.05) is 6.54 Å². The van der Waals surface area contributed by atoms with Crippen molar-refractivity contribution in [2.24, 2.45) is 5.92 Å². The van der Waals surface area contributed by atoms with Crippen LogP contribution in [-0.4, -0.2) is 12.1 Å². The highest BCUT2D eigenvalue weighted by molar-refractivity contribution is 5.03. The normalized spacial score (nSPS) is 52.9. The summed E-state index contributed by atoms with van der Waals surface area (Å²) in [5.74, 6) is 1.03. The van der Waals surface area contributed by atoms with Gasteiger partial charge in [0.1, 0.15) is 0 Å². The summed E-state index contributed by atoms with van der Waals surface area (Å²) in [7, 11) is 0. The molecule has 2 rings (SSSR count). The Morgan fingerprint density at radius 1 is 1.50 bits per heavy atom. The van der Waals surface area contributed by atoms with Gasteiger partial charge in [-0.1, -0.05) is 0 Å². The summed E-state index contributed by atoms with van der Waals surface area (Å²) in [6.45, 7) is 3.62. The van der Waals surface area contributed by atoms with E-state index >= 15 is 0 Å². The lowest BCUT2D eigenvalue weighted by molar-refractivity contribution is 0.158. The maximum Gasteiger partial charge on any atom is 0.0182 e. The molecule has 2 aliphatic rings. The molecule has 1 N–H and O–H groups in total. The van der Waals surface area contributed by atoms with Crippen LogP contribution in [0.2, 0.25) is 0 Å². The van der Waals surface area contributed by atoms with E-state index in [0.717, 1.165) is 5.92 Å². The maximum atomic E-state index is 3.53. The minimum absolute atomic E-state index is 0.583. The maximum absolute atomic E-state index is 3.53. The van der Waals surface area contributed by atoms with Gasteiger partial charge in [-0.2, -0.15) is 0 Å². The zero-order valence-electron chi connectivity index (χ0n) is 5.41. The van der Waals surface area contributed by atoms with Gasteiger partial charge < -0.3 is 5.32 Å². The van der Waals surface area contributed by atoms with Crippen molar-refractivity contribution >= 4 is 0 Å². The van der Waals surface area contributed by atoms with Gasteiger partial charge in [0.05, 0.1) is 0 Å². The third kappa shape index (κ3) is 0.408. The van der Waals surface area contributed by atoms with E-state index < -0.39 is 0 Å². The fourth-order valence-corrected chi connectivity index (χ4v) is 2.01. The molecule has 0 bridgehead atoms. The van der Waals surface area contributed by atoms with Crippen molar-refractivity contribution in [3.63, 3.8) is 0 Å². The van der Waals surface area contributed by atoms with Gasteiger partial charge in [0.15, 0.2) is 0 Å². The second kappa shape index (κ2) is 1.27. The molecule has 0 amide bonds. The molecule has 1 aliphatic heterocycles. The van der Waals surface area contributed by atoms with Gasteiger partial charge >= 0.3 is 0 Å². The highest BCUT2D eigenvalue weighted by Gasteiger charge is 2.45. The van der Waals surface area contributed by atoms with Crippen molar-refractivity contribution in [1.82, 2.24) is 5.32 Å². The number of hydrogen-bond donors (Lipinski definition) is 1. The Labute approximate surface area is 50.5 Å². The highest BCUT2D eigenvalue weighted by atomic mass is 15.0. The number of hydrogen-bond acceptors (Lipinski definition) is 1. The van der Waals surface area contributed by atoms with Crippen molar-refractivity contribution in [1.29, 1.82) is 0 Å². The second-order valence-electron chi connectivity index (χ2n) is 3.37. The van der Waals surface area contributed by atoms with Gasteiger partial charge in [0.25, 0.3) is 0 Å². The summed E-state index contributed by atoms with van der Waals surface area (Å²) in [6.07, 6.45) is 4.32. The largest absolute Gasteiger partial charge is 0.311 e. The lowest BCUT2D eigenvalue weighted by Crippen LogP contribution is -2.48. The molecule has 2 atom stereocenters. The third-order valence-corrected chi connectivity index (χ3v) is 2.93. The lowest BCUT2D eigenvalue weighted by atomic mass is 9.69. The second-order valence-corrected chi connectivity index (χ2v) is 3.37. The topological polar surface area (TPSA) is 12.0 Å². The SMILES string of the molecule is C[C@]12CC[C@H]1CCN2. The summed E-state index contributed by atoms with van der Waals surface area (Å²) in [5.41, 5.74) is 0.583. The first kappa shape index (κ1) is 4.80. The van der Waals surface area contributed by atoms with E-state index in [9.17, 15) is 0 Å². The van der Waals surface area contributed by atoms with E-state index in [2.05, 4.69) is 12.2 Å². The van der Waals surface area contributed by atoms with E-state index in [0.29, 0.717) is 5.54 Å². The molecular formula is C7H13N. The molecule has 1 heterocycles. The molecule has 2 fully saturated rings. The van der Waals surface area contributed by atoms with Crippen LogP contribution in [0.3, 0.4) is 0 Å². The molecule has 1 aliphatic carbocycles. The van der Waals surface area contributed by atoms with Crippen molar-refractivity contribution < 1.29 is 0 Å². The molecule has 0 unspecified atom stereocenters. The Hall–Kier alpha value is -0.0400. The zero-order valence-corrected chi connectivity index (χ0v) is 5.41. The van der Waals surface area contributed by atoms with Crippen LogP contribution in [0, 0.1) is 5.92 Å². The number of rotatable bonds is 0. The minimum atomic E-state index is 0.583. The highest BCUT2D eigenvalue weighted by Crippen LogP contribution is 2.43. The molecule has 1 heteroatoms. The van der Waals surface area contributed by atoms with Crippen LogP contribution < -0.4 is 5.32 Å². The summed E-state index contributed by atoms with van der Waals surface area (Å²) < 4.78 is 0. The third-order valence-electron chi connectivity index (χ3n) is 2.93. The quantitative estimate of drug-likeness (QED) is 0.494. The molecule has 0 radical (unpaired) electrons. The summed E-state index contributed by atoms with van der Waals surface area (Å²) >= 11 is 0. The molecule has 0 spiro atoms. The summed E-state index contributed by atoms with van der Waals surface area (Å²) in [6, 6.07) is 0. The predicted molar refractivity (Wildman–Crippen MR) is 33.7 cm³/mol. The Morgan fingerprint density at radius 2 is 2.38 bits per heavy atom. The average Bonchev–Trinajstić information content (AvgIpc) is 1.94. The Morgan fingerprint density at radius 3 is 2.62 bits per heavy atom. The monoisotopic (exact) mass is 111 g/mol. The average molecular weight is 111 g/mol. The zero-order chi connectivity index (χ0) is 5.61. The molecule has 0 aromatic carbocycles. The fourth-order valence-electron chi connectivity index (χ4n) is 2.01. The molecule has 0 aromatic heterocycles. The smallest absolute Gasteiger partial charge is 0.0182 e. The van der Waals surface area contributed by atoms with E-state index in [1.165, 1.54) is 25.8 Å². The van der Waals surface area contributed by atoms with Crippen LogP contribution in [0.4, 0.5) is 0 Å². The van der Waals surface area contributed by atoms with Crippen LogP contribution in [0.5, 0.6) is 0 Å². The first-order valence-electron chi connectivity index (χ1n) is 3.56. The van der Waals surface area contributed by atoms with E-state index in [1.54, 1.807) is 0 Å². The first-order valence-corrected chi connectivity index (χ1v) is 3.56. The first-order chi connectivity index (χ1) is 3.81. The van der Waals surface area contributed by atoms with Crippen molar-refractivity contribution in [3.05, 3.63) is 0 Å². The van der Waals surface area contributed by atoms with Gasteiger partial charge in [-0.3, -0.25) is 0 Å². The number of nitrogens with one attached hydrogen (secondary N) is 1. The van der Waals surface area contributed by atoms with Crippen molar-refractivity contribution in [3.8, 4) is 0 Å². The van der Waals surface area contributed by atoms with Crippen molar-refractivity contribution in [2.45, 2.75) is 31.7 Å². The lowest BCUT2D eigenvalue weighted by Gasteiger charge is -2.41. The fraction of sp³-hybridized carbons (Fsp3) is 1.00. The van der Waals surface area contributed by atoms with Gasteiger partial charge in [-0.05, 0) is 38.6 Å². The molecule has 1 saturated carbocycles. The standard InChI is InChI=1S/C7H13N/c1-7-4-2-6(7)3-5-8-7/h6,8H,2-5H2,1H3/t6-,7-/m0/s1. The Balaban J connectivity index is 2.14. The van der Waals surface area contributed by atoms with Gasteiger partial charge in [-0.25, -0.2) is 0 Å². The van der Waals surface area contributed by atoms with Gasteiger partial charge in [-0.15, -0.1) is 0 Å². The van der Waals surface area contributed by atoms with Crippen LogP contribution in [0.15, 0.2) is 0 Å². The van der Waals surface area contributed by atoms with Crippen LogP contribution >= 0.6 is 0 Å². The van der Waals surface area contributed by atoms with E-state index in [-0.39, 0.29) is 0 Å². The van der Waals surface area contributed by atoms with Gasteiger partial charge in [0.2, 0.25) is 0 Å². The molecule has 1 nitrogen and oxygen atoms in total. The Bertz CT molecular complexity index is 111. The summed E-state index contributed by atoms with van der Waals surface area (Å²) in [4.78, 5) is 0. The predicted octanol–water partition coefficient (Wildman–Crippen LogP) is 1.15. The summed E-state index contributed by atoms with van der Waals surface area (Å²) in [5, 5.41) is 3.53. The van der Waals surface area contributed by atoms with Crippen LogP contribution in [-0.2, 0) is 0 Å². The van der Waals surface area contributed by atoms with Crippen LogP contribution in [0.1, 0.15) is 26.2 Å². The molecular weight excluding hydrogens is 98.1 g/mol. The molecule has 8 heavy (non-hydrogen) atoms. The minimum Gasteiger partial charge on any atom is -0.311 e. The Kier molecular flexibility index (Phi) is 0.762. The molecule has 1 saturated heterocycles. The molecule has 0 aromatic rings. The van der Waals surface area contributed by atoms with E-state index in [1.807, 2.05) is 0 Å². The van der Waals surface area contributed by atoms with E-state index in [4.69, 9.17) is 0 Å².